The first-order valence-corrected chi connectivity index (χ1v) is 8.20. The molecule has 2 unspecified atom stereocenters. The van der Waals surface area contributed by atoms with Crippen molar-refractivity contribution in [2.24, 2.45) is 5.92 Å². The first kappa shape index (κ1) is 14.7. The van der Waals surface area contributed by atoms with E-state index in [9.17, 15) is 4.79 Å². The second-order valence-corrected chi connectivity index (χ2v) is 6.49. The number of fused-ring (bicyclic) bond motifs is 3. The first-order valence-electron chi connectivity index (χ1n) is 8.20. The summed E-state index contributed by atoms with van der Waals surface area (Å²) in [5.41, 5.74) is 0.812. The van der Waals surface area contributed by atoms with Crippen molar-refractivity contribution in [1.82, 2.24) is 5.32 Å². The van der Waals surface area contributed by atoms with Crippen LogP contribution in [0.4, 0.5) is 0 Å². The number of carbonyl (C=O) groups excluding carboxylic acids is 1. The first-order chi connectivity index (χ1) is 11.3. The molecule has 2 aromatic rings. The second kappa shape index (κ2) is 5.95. The summed E-state index contributed by atoms with van der Waals surface area (Å²) in [4.78, 5) is 13.1. The molecule has 2 atom stereocenters. The van der Waals surface area contributed by atoms with Crippen LogP contribution in [0.3, 0.4) is 0 Å². The number of methoxy groups -OCH3 is 1. The van der Waals surface area contributed by atoms with Crippen LogP contribution in [0.1, 0.15) is 23.2 Å². The molecule has 2 aliphatic rings. The third kappa shape index (κ3) is 2.62. The molecule has 120 valence electrons. The van der Waals surface area contributed by atoms with Crippen molar-refractivity contribution in [2.45, 2.75) is 24.9 Å². The monoisotopic (exact) mass is 311 g/mol. The van der Waals surface area contributed by atoms with E-state index in [4.69, 9.17) is 9.47 Å². The molecule has 2 heterocycles. The van der Waals surface area contributed by atoms with Gasteiger partial charge >= 0.3 is 0 Å². The summed E-state index contributed by atoms with van der Waals surface area (Å²) < 4.78 is 11.0. The van der Waals surface area contributed by atoms with Crippen LogP contribution in [-0.2, 0) is 4.74 Å². The molecule has 2 saturated heterocycles. The van der Waals surface area contributed by atoms with Crippen LogP contribution in [-0.4, -0.2) is 38.2 Å². The molecule has 2 fully saturated rings. The topological polar surface area (TPSA) is 47.6 Å². The fourth-order valence-electron chi connectivity index (χ4n) is 3.94. The number of hydrogen-bond donors (Lipinski definition) is 1. The molecule has 4 nitrogen and oxygen atoms in total. The van der Waals surface area contributed by atoms with Crippen molar-refractivity contribution in [3.8, 4) is 5.75 Å². The van der Waals surface area contributed by atoms with E-state index in [0.717, 1.165) is 34.9 Å². The van der Waals surface area contributed by atoms with Crippen molar-refractivity contribution < 1.29 is 14.3 Å². The lowest BCUT2D eigenvalue weighted by molar-refractivity contribution is 0.00956. The van der Waals surface area contributed by atoms with Crippen molar-refractivity contribution in [1.29, 1.82) is 0 Å². The molecule has 2 bridgehead atoms. The molecule has 0 amide bonds. The Morgan fingerprint density at radius 1 is 1.09 bits per heavy atom. The fourth-order valence-corrected chi connectivity index (χ4v) is 3.94. The maximum absolute atomic E-state index is 13.1. The molecule has 1 N–H and O–H groups in total. The summed E-state index contributed by atoms with van der Waals surface area (Å²) >= 11 is 0. The van der Waals surface area contributed by atoms with Crippen LogP contribution in [0.5, 0.6) is 5.75 Å². The molecular weight excluding hydrogens is 290 g/mol. The summed E-state index contributed by atoms with van der Waals surface area (Å²) in [6, 6.07) is 12.4. The van der Waals surface area contributed by atoms with E-state index in [1.165, 1.54) is 0 Å². The largest absolute Gasteiger partial charge is 0.496 e. The Morgan fingerprint density at radius 2 is 1.78 bits per heavy atom. The minimum atomic E-state index is 0.0759. The Hall–Kier alpha value is -1.91. The van der Waals surface area contributed by atoms with Gasteiger partial charge in [0.25, 0.3) is 0 Å². The van der Waals surface area contributed by atoms with Gasteiger partial charge in [-0.05, 0) is 30.4 Å². The zero-order valence-corrected chi connectivity index (χ0v) is 13.2. The molecule has 4 heteroatoms. The third-order valence-corrected chi connectivity index (χ3v) is 4.99. The van der Waals surface area contributed by atoms with Crippen molar-refractivity contribution in [2.75, 3.05) is 20.3 Å². The lowest BCUT2D eigenvalue weighted by atomic mass is 9.81. The molecule has 23 heavy (non-hydrogen) atoms. The summed E-state index contributed by atoms with van der Waals surface area (Å²) in [5, 5.41) is 5.53. The molecule has 0 aliphatic carbocycles. The Bertz CT molecular complexity index is 730. The normalized spacial score (nSPS) is 26.9. The fraction of sp³-hybridized carbons (Fsp3) is 0.421. The maximum Gasteiger partial charge on any atom is 0.166 e. The number of morpholine rings is 1. The number of Topliss-reactive ketones (excluding diaryl/α,β-unsaturated/α-hetero) is 1. The van der Waals surface area contributed by atoms with Crippen molar-refractivity contribution >= 4 is 16.6 Å². The third-order valence-electron chi connectivity index (χ3n) is 4.99. The predicted molar refractivity (Wildman–Crippen MR) is 89.1 cm³/mol. The van der Waals surface area contributed by atoms with Gasteiger partial charge in [-0.15, -0.1) is 0 Å². The quantitative estimate of drug-likeness (QED) is 0.886. The lowest BCUT2D eigenvalue weighted by Crippen LogP contribution is -2.55. The summed E-state index contributed by atoms with van der Waals surface area (Å²) in [6.07, 6.45) is 1.71. The number of ether oxygens (including phenoxy) is 2. The lowest BCUT2D eigenvalue weighted by Gasteiger charge is -2.39. The van der Waals surface area contributed by atoms with E-state index in [-0.39, 0.29) is 11.7 Å². The second-order valence-electron chi connectivity index (χ2n) is 6.49. The zero-order chi connectivity index (χ0) is 15.8. The molecule has 0 aromatic heterocycles. The van der Waals surface area contributed by atoms with E-state index in [2.05, 4.69) is 5.32 Å². The molecule has 2 aliphatic heterocycles. The highest BCUT2D eigenvalue weighted by atomic mass is 16.5. The number of piperidine rings is 1. The zero-order valence-electron chi connectivity index (χ0n) is 13.2. The summed E-state index contributed by atoms with van der Waals surface area (Å²) in [5.74, 6) is 1.14. The SMILES string of the molecule is COc1ccc(C(=O)C2CC3COCC(C2)N3)c2ccccc12. The van der Waals surface area contributed by atoms with E-state index >= 15 is 0 Å². The van der Waals surface area contributed by atoms with Gasteiger partial charge in [-0.2, -0.15) is 0 Å². The molecule has 4 rings (SSSR count). The van der Waals surface area contributed by atoms with Crippen LogP contribution in [0.2, 0.25) is 0 Å². The maximum atomic E-state index is 13.1. The van der Waals surface area contributed by atoms with Crippen LogP contribution >= 0.6 is 0 Å². The van der Waals surface area contributed by atoms with Gasteiger partial charge in [-0.1, -0.05) is 24.3 Å². The average Bonchev–Trinajstić information content (AvgIpc) is 2.60. The number of hydrogen-bond acceptors (Lipinski definition) is 4. The van der Waals surface area contributed by atoms with Crippen LogP contribution in [0, 0.1) is 5.92 Å². The van der Waals surface area contributed by atoms with Gasteiger partial charge < -0.3 is 14.8 Å². The highest BCUT2D eigenvalue weighted by Gasteiger charge is 2.35. The van der Waals surface area contributed by atoms with E-state index in [1.807, 2.05) is 36.4 Å². The van der Waals surface area contributed by atoms with Gasteiger partial charge in [0.1, 0.15) is 5.75 Å². The molecular formula is C19H21NO3. The molecule has 0 spiro atoms. The molecule has 2 aromatic carbocycles. The van der Waals surface area contributed by atoms with Crippen LogP contribution in [0.15, 0.2) is 36.4 Å². The summed E-state index contributed by atoms with van der Waals surface area (Å²) in [6.45, 7) is 1.42. The Morgan fingerprint density at radius 3 is 2.48 bits per heavy atom. The van der Waals surface area contributed by atoms with Gasteiger partial charge in [0.2, 0.25) is 0 Å². The van der Waals surface area contributed by atoms with Gasteiger partial charge in [0.15, 0.2) is 5.78 Å². The van der Waals surface area contributed by atoms with Gasteiger partial charge in [-0.25, -0.2) is 0 Å². The Labute approximate surface area is 135 Å². The molecule has 0 radical (unpaired) electrons. The number of ketones is 1. The Balaban J connectivity index is 1.70. The number of rotatable bonds is 3. The van der Waals surface area contributed by atoms with Crippen molar-refractivity contribution in [3.05, 3.63) is 42.0 Å². The van der Waals surface area contributed by atoms with Gasteiger partial charge in [-0.3, -0.25) is 4.79 Å². The van der Waals surface area contributed by atoms with Crippen LogP contribution in [0.25, 0.3) is 10.8 Å². The predicted octanol–water partition coefficient (Wildman–Crippen LogP) is 2.80. The number of benzene rings is 2. The average molecular weight is 311 g/mol. The Kier molecular flexibility index (Phi) is 3.79. The number of nitrogens with one attached hydrogen (secondary N) is 1. The highest BCUT2D eigenvalue weighted by molar-refractivity contribution is 6.10. The smallest absolute Gasteiger partial charge is 0.166 e. The van der Waals surface area contributed by atoms with Crippen LogP contribution < -0.4 is 10.1 Å². The van der Waals surface area contributed by atoms with Gasteiger partial charge in [0, 0.05) is 29.0 Å². The minimum Gasteiger partial charge on any atom is -0.496 e. The molecule has 0 saturated carbocycles. The number of carbonyl (C=O) groups is 1. The minimum absolute atomic E-state index is 0.0759. The van der Waals surface area contributed by atoms with Crippen molar-refractivity contribution in [3.63, 3.8) is 0 Å². The van der Waals surface area contributed by atoms with E-state index < -0.39 is 0 Å². The highest BCUT2D eigenvalue weighted by Crippen LogP contribution is 2.33. The standard InChI is InChI=1S/C19H21NO3/c1-22-18-7-6-17(15-4-2-3-5-16(15)18)19(21)12-8-13-10-23-11-14(9-12)20-13/h2-7,12-14,20H,8-11H2,1H3. The summed E-state index contributed by atoms with van der Waals surface area (Å²) in [7, 11) is 1.66. The van der Waals surface area contributed by atoms with E-state index in [1.54, 1.807) is 7.11 Å². The van der Waals surface area contributed by atoms with E-state index in [0.29, 0.717) is 25.3 Å². The van der Waals surface area contributed by atoms with Gasteiger partial charge in [0.05, 0.1) is 20.3 Å².